The number of aryl methyl sites for hydroxylation is 1. The van der Waals surface area contributed by atoms with E-state index in [2.05, 4.69) is 10.0 Å². The van der Waals surface area contributed by atoms with E-state index in [-0.39, 0.29) is 10.8 Å². The van der Waals surface area contributed by atoms with Gasteiger partial charge in [-0.2, -0.15) is 0 Å². The average molecular weight is 360 g/mol. The Bertz CT molecular complexity index is 923. The third-order valence-corrected chi connectivity index (χ3v) is 5.38. The van der Waals surface area contributed by atoms with Crippen molar-refractivity contribution in [3.63, 3.8) is 0 Å². The number of carbonyl (C=O) groups excluding carboxylic acids is 1. The van der Waals surface area contributed by atoms with E-state index in [4.69, 9.17) is 4.74 Å². The summed E-state index contributed by atoms with van der Waals surface area (Å²) >= 11 is 0. The summed E-state index contributed by atoms with van der Waals surface area (Å²) in [5, 5.41) is 2.76. The monoisotopic (exact) mass is 360 g/mol. The Morgan fingerprint density at radius 3 is 2.76 bits per heavy atom. The van der Waals surface area contributed by atoms with Gasteiger partial charge in [-0.15, -0.1) is 0 Å². The summed E-state index contributed by atoms with van der Waals surface area (Å²) in [7, 11) is -3.84. The van der Waals surface area contributed by atoms with Gasteiger partial charge in [-0.1, -0.05) is 12.1 Å². The van der Waals surface area contributed by atoms with Gasteiger partial charge in [0, 0.05) is 17.8 Å². The van der Waals surface area contributed by atoms with E-state index in [9.17, 15) is 13.2 Å². The van der Waals surface area contributed by atoms with Crippen LogP contribution in [0.3, 0.4) is 0 Å². The summed E-state index contributed by atoms with van der Waals surface area (Å²) in [5.41, 5.74) is 2.58. The van der Waals surface area contributed by atoms with Gasteiger partial charge in [-0.05, 0) is 55.7 Å². The van der Waals surface area contributed by atoms with Gasteiger partial charge in [0.15, 0.2) is 0 Å². The Morgan fingerprint density at radius 1 is 1.20 bits per heavy atom. The molecule has 7 heteroatoms. The fourth-order valence-electron chi connectivity index (χ4n) is 2.79. The van der Waals surface area contributed by atoms with E-state index in [1.54, 1.807) is 43.3 Å². The van der Waals surface area contributed by atoms with Gasteiger partial charge in [0.1, 0.15) is 10.6 Å². The first-order valence-corrected chi connectivity index (χ1v) is 9.56. The van der Waals surface area contributed by atoms with E-state index in [0.29, 0.717) is 30.2 Å². The van der Waals surface area contributed by atoms with Gasteiger partial charge >= 0.3 is 0 Å². The molecule has 0 unspecified atom stereocenters. The molecule has 6 nitrogen and oxygen atoms in total. The van der Waals surface area contributed by atoms with Crippen molar-refractivity contribution >= 4 is 21.6 Å². The summed E-state index contributed by atoms with van der Waals surface area (Å²) < 4.78 is 33.6. The molecule has 0 bridgehead atoms. The maximum absolute atomic E-state index is 12.8. The second kappa shape index (κ2) is 6.76. The molecule has 2 N–H and O–H groups in total. The van der Waals surface area contributed by atoms with Crippen LogP contribution in [0, 0.1) is 6.92 Å². The maximum atomic E-state index is 12.8. The van der Waals surface area contributed by atoms with Crippen molar-refractivity contribution in [3.05, 3.63) is 53.1 Å². The third kappa shape index (κ3) is 3.61. The van der Waals surface area contributed by atoms with Crippen molar-refractivity contribution in [2.24, 2.45) is 0 Å². The zero-order valence-electron chi connectivity index (χ0n) is 14.1. The highest BCUT2D eigenvalue weighted by atomic mass is 32.2. The third-order valence-electron chi connectivity index (χ3n) is 3.98. The van der Waals surface area contributed by atoms with Crippen LogP contribution in [-0.2, 0) is 16.4 Å². The van der Waals surface area contributed by atoms with Gasteiger partial charge in [0.25, 0.3) is 15.9 Å². The van der Waals surface area contributed by atoms with Crippen LogP contribution in [-0.4, -0.2) is 27.5 Å². The zero-order chi connectivity index (χ0) is 18.0. The number of benzene rings is 2. The van der Waals surface area contributed by atoms with Crippen molar-refractivity contribution in [1.82, 2.24) is 5.32 Å². The van der Waals surface area contributed by atoms with Crippen molar-refractivity contribution in [3.8, 4) is 5.75 Å². The highest BCUT2D eigenvalue weighted by molar-refractivity contribution is 7.92. The molecule has 1 amide bonds. The molecule has 0 saturated carbocycles. The average Bonchev–Trinajstić information content (AvgIpc) is 2.57. The van der Waals surface area contributed by atoms with Crippen molar-refractivity contribution in [1.29, 1.82) is 0 Å². The minimum absolute atomic E-state index is 0.0801. The Morgan fingerprint density at radius 2 is 2.00 bits per heavy atom. The molecule has 0 radical (unpaired) electrons. The fourth-order valence-corrected chi connectivity index (χ4v) is 4.07. The largest absolute Gasteiger partial charge is 0.492 e. The molecule has 132 valence electrons. The lowest BCUT2D eigenvalue weighted by Crippen LogP contribution is -2.31. The van der Waals surface area contributed by atoms with Crippen LogP contribution in [0.5, 0.6) is 5.75 Å². The van der Waals surface area contributed by atoms with Gasteiger partial charge in [-0.3, -0.25) is 9.52 Å². The van der Waals surface area contributed by atoms with Crippen molar-refractivity contribution < 1.29 is 17.9 Å². The fraction of sp³-hybridized carbons (Fsp3) is 0.278. The molecule has 25 heavy (non-hydrogen) atoms. The van der Waals surface area contributed by atoms with Crippen LogP contribution in [0.25, 0.3) is 0 Å². The van der Waals surface area contributed by atoms with Crippen LogP contribution in [0.1, 0.15) is 28.4 Å². The number of sulfonamides is 1. The molecular weight excluding hydrogens is 340 g/mol. The minimum atomic E-state index is -3.84. The van der Waals surface area contributed by atoms with Gasteiger partial charge in [-0.25, -0.2) is 8.42 Å². The molecule has 2 aromatic rings. The lowest BCUT2D eigenvalue weighted by Gasteiger charge is -2.18. The molecule has 0 spiro atoms. The molecule has 1 aliphatic rings. The van der Waals surface area contributed by atoms with Gasteiger partial charge in [0.2, 0.25) is 0 Å². The molecule has 2 aromatic carbocycles. The van der Waals surface area contributed by atoms with E-state index in [1.807, 2.05) is 6.92 Å². The van der Waals surface area contributed by atoms with Crippen LogP contribution < -0.4 is 14.8 Å². The van der Waals surface area contributed by atoms with E-state index >= 15 is 0 Å². The molecule has 1 heterocycles. The minimum Gasteiger partial charge on any atom is -0.492 e. The van der Waals surface area contributed by atoms with E-state index < -0.39 is 10.0 Å². The van der Waals surface area contributed by atoms with E-state index in [0.717, 1.165) is 17.5 Å². The van der Waals surface area contributed by atoms with Crippen LogP contribution in [0.15, 0.2) is 41.3 Å². The lowest BCUT2D eigenvalue weighted by molar-refractivity contribution is 0.0946. The highest BCUT2D eigenvalue weighted by Gasteiger charge is 2.22. The first-order valence-electron chi connectivity index (χ1n) is 8.08. The quantitative estimate of drug-likeness (QED) is 0.858. The SMILES string of the molecule is CCOc1ccc(C)cc1S(=O)(=O)Nc1ccc2c(c1)C(=O)NCC2. The lowest BCUT2D eigenvalue weighted by atomic mass is 10.00. The Kier molecular flexibility index (Phi) is 4.67. The Labute approximate surface area is 147 Å². The molecule has 0 aliphatic carbocycles. The predicted octanol–water partition coefficient (Wildman–Crippen LogP) is 2.48. The van der Waals surface area contributed by atoms with Gasteiger partial charge < -0.3 is 10.1 Å². The zero-order valence-corrected chi connectivity index (χ0v) is 14.9. The van der Waals surface area contributed by atoms with Crippen LogP contribution >= 0.6 is 0 Å². The standard InChI is InChI=1S/C18H20N2O4S/c1-3-24-16-7-4-12(2)10-17(16)25(22,23)20-14-6-5-13-8-9-19-18(21)15(13)11-14/h4-7,10-11,20H,3,8-9H2,1-2H3,(H,19,21). The van der Waals surface area contributed by atoms with Crippen LogP contribution in [0.2, 0.25) is 0 Å². The maximum Gasteiger partial charge on any atom is 0.265 e. The summed E-state index contributed by atoms with van der Waals surface area (Å²) in [6.07, 6.45) is 0.737. The first kappa shape index (κ1) is 17.3. The second-order valence-corrected chi connectivity index (χ2v) is 7.52. The highest BCUT2D eigenvalue weighted by Crippen LogP contribution is 2.28. The summed E-state index contributed by atoms with van der Waals surface area (Å²) in [4.78, 5) is 12.0. The van der Waals surface area contributed by atoms with Gasteiger partial charge in [0.05, 0.1) is 6.61 Å². The number of hydrogen-bond acceptors (Lipinski definition) is 4. The molecule has 3 rings (SSSR count). The number of fused-ring (bicyclic) bond motifs is 1. The molecule has 0 atom stereocenters. The normalized spacial score (nSPS) is 13.8. The summed E-state index contributed by atoms with van der Waals surface area (Å²) in [6, 6.07) is 10.0. The number of ether oxygens (including phenoxy) is 1. The van der Waals surface area contributed by atoms with Crippen LogP contribution in [0.4, 0.5) is 5.69 Å². The number of rotatable bonds is 5. The van der Waals surface area contributed by atoms with Crippen molar-refractivity contribution in [2.75, 3.05) is 17.9 Å². The Hall–Kier alpha value is -2.54. The number of amides is 1. The predicted molar refractivity (Wildman–Crippen MR) is 95.6 cm³/mol. The molecule has 0 fully saturated rings. The summed E-state index contributed by atoms with van der Waals surface area (Å²) in [5.74, 6) is 0.115. The molecule has 0 saturated heterocycles. The number of nitrogens with one attached hydrogen (secondary N) is 2. The molecule has 1 aliphatic heterocycles. The first-order chi connectivity index (χ1) is 11.9. The topological polar surface area (TPSA) is 84.5 Å². The second-order valence-electron chi connectivity index (χ2n) is 5.87. The molecular formula is C18H20N2O4S. The number of anilines is 1. The van der Waals surface area contributed by atoms with Crippen molar-refractivity contribution in [2.45, 2.75) is 25.2 Å². The number of hydrogen-bond donors (Lipinski definition) is 2. The Balaban J connectivity index is 1.96. The number of carbonyl (C=O) groups is 1. The molecule has 0 aromatic heterocycles. The summed E-state index contributed by atoms with van der Waals surface area (Å²) in [6.45, 7) is 4.58. The van der Waals surface area contributed by atoms with E-state index in [1.165, 1.54) is 0 Å². The smallest absolute Gasteiger partial charge is 0.265 e.